The summed E-state index contributed by atoms with van der Waals surface area (Å²) in [5, 5.41) is 14.1. The Bertz CT molecular complexity index is 334. The van der Waals surface area contributed by atoms with E-state index >= 15 is 0 Å². The van der Waals surface area contributed by atoms with E-state index in [1.165, 1.54) is 5.56 Å². The van der Waals surface area contributed by atoms with Crippen molar-refractivity contribution < 1.29 is 5.11 Å². The van der Waals surface area contributed by atoms with Crippen LogP contribution in [0.25, 0.3) is 0 Å². The Hall–Kier alpha value is -0.570. The third kappa shape index (κ3) is 2.94. The van der Waals surface area contributed by atoms with Crippen LogP contribution in [0.3, 0.4) is 0 Å². The van der Waals surface area contributed by atoms with E-state index in [4.69, 9.17) is 11.6 Å². The lowest BCUT2D eigenvalue weighted by atomic mass is 9.94. The summed E-state index contributed by atoms with van der Waals surface area (Å²) in [6.07, 6.45) is 2.55. The summed E-state index contributed by atoms with van der Waals surface area (Å²) in [6.45, 7) is 1.64. The molecule has 1 aliphatic rings. The molecule has 15 heavy (non-hydrogen) atoms. The number of β-amino-alcohol motifs (C(OH)–C–C–N with tert-alkyl or cyclic N) is 1. The lowest BCUT2D eigenvalue weighted by molar-refractivity contribution is 0.0526. The Labute approximate surface area is 95.3 Å². The molecule has 0 saturated carbocycles. The van der Waals surface area contributed by atoms with Crippen molar-refractivity contribution in [2.24, 2.45) is 0 Å². The predicted molar refractivity (Wildman–Crippen MR) is 62.2 cm³/mol. The van der Waals surface area contributed by atoms with Crippen molar-refractivity contribution in [3.05, 3.63) is 34.9 Å². The van der Waals surface area contributed by atoms with E-state index in [1.807, 2.05) is 18.2 Å². The van der Waals surface area contributed by atoms with Gasteiger partial charge in [-0.3, -0.25) is 0 Å². The molecule has 1 aliphatic heterocycles. The normalized spacial score (nSPS) is 25.7. The predicted octanol–water partition coefficient (Wildman–Crippen LogP) is 2.00. The minimum atomic E-state index is -0.512. The van der Waals surface area contributed by atoms with Crippen LogP contribution in [0.2, 0.25) is 5.02 Å². The van der Waals surface area contributed by atoms with Gasteiger partial charge in [-0.1, -0.05) is 23.7 Å². The molecule has 0 bridgehead atoms. The second kappa shape index (κ2) is 4.52. The lowest BCUT2D eigenvalue weighted by Crippen LogP contribution is -2.31. The van der Waals surface area contributed by atoms with Crippen molar-refractivity contribution in [3.8, 4) is 0 Å². The minimum Gasteiger partial charge on any atom is -0.389 e. The van der Waals surface area contributed by atoms with Gasteiger partial charge in [-0.15, -0.1) is 0 Å². The maximum absolute atomic E-state index is 10.1. The van der Waals surface area contributed by atoms with Crippen molar-refractivity contribution in [2.75, 3.05) is 13.1 Å². The van der Waals surface area contributed by atoms with Gasteiger partial charge >= 0.3 is 0 Å². The molecule has 0 spiro atoms. The van der Waals surface area contributed by atoms with Gasteiger partial charge in [0.15, 0.2) is 0 Å². The molecule has 1 atom stereocenters. The van der Waals surface area contributed by atoms with E-state index in [0.29, 0.717) is 6.54 Å². The molecule has 1 saturated heterocycles. The number of hydrogen-bond acceptors (Lipinski definition) is 2. The van der Waals surface area contributed by atoms with Gasteiger partial charge in [-0.2, -0.15) is 0 Å². The molecule has 0 amide bonds. The molecule has 0 radical (unpaired) electrons. The maximum atomic E-state index is 10.1. The maximum Gasteiger partial charge on any atom is 0.0786 e. The van der Waals surface area contributed by atoms with Crippen LogP contribution in [0.5, 0.6) is 0 Å². The molecule has 1 heterocycles. The SMILES string of the molecule is OC1(CCc2cccc(Cl)c2)CCNC1. The minimum absolute atomic E-state index is 0.512. The third-order valence-corrected chi connectivity index (χ3v) is 3.22. The number of halogens is 1. The van der Waals surface area contributed by atoms with Crippen LogP contribution in [-0.4, -0.2) is 23.8 Å². The lowest BCUT2D eigenvalue weighted by Gasteiger charge is -2.20. The number of aryl methyl sites for hydroxylation is 1. The number of nitrogens with one attached hydrogen (secondary N) is 1. The zero-order valence-electron chi connectivity index (χ0n) is 8.67. The highest BCUT2D eigenvalue weighted by Crippen LogP contribution is 2.22. The molecule has 1 unspecified atom stereocenters. The van der Waals surface area contributed by atoms with Crippen LogP contribution >= 0.6 is 11.6 Å². The van der Waals surface area contributed by atoms with E-state index in [-0.39, 0.29) is 0 Å². The Morgan fingerprint density at radius 1 is 1.47 bits per heavy atom. The smallest absolute Gasteiger partial charge is 0.0786 e. The number of hydrogen-bond donors (Lipinski definition) is 2. The second-order valence-electron chi connectivity index (χ2n) is 4.28. The van der Waals surface area contributed by atoms with E-state index < -0.39 is 5.60 Å². The Balaban J connectivity index is 1.92. The molecule has 1 aromatic rings. The van der Waals surface area contributed by atoms with Crippen LogP contribution in [-0.2, 0) is 6.42 Å². The second-order valence-corrected chi connectivity index (χ2v) is 4.72. The van der Waals surface area contributed by atoms with E-state index in [0.717, 1.165) is 30.8 Å². The summed E-state index contributed by atoms with van der Waals surface area (Å²) in [7, 11) is 0. The van der Waals surface area contributed by atoms with Crippen molar-refractivity contribution in [2.45, 2.75) is 24.9 Å². The summed E-state index contributed by atoms with van der Waals surface area (Å²) in [5.41, 5.74) is 0.685. The van der Waals surface area contributed by atoms with Gasteiger partial charge in [-0.05, 0) is 43.5 Å². The van der Waals surface area contributed by atoms with Crippen LogP contribution in [0.4, 0.5) is 0 Å². The average molecular weight is 226 g/mol. The molecule has 2 nitrogen and oxygen atoms in total. The molecule has 2 N–H and O–H groups in total. The fourth-order valence-corrected chi connectivity index (χ4v) is 2.23. The Morgan fingerprint density at radius 3 is 3.00 bits per heavy atom. The first-order valence-electron chi connectivity index (χ1n) is 5.36. The molecule has 1 aromatic carbocycles. The quantitative estimate of drug-likeness (QED) is 0.825. The highest BCUT2D eigenvalue weighted by atomic mass is 35.5. The summed E-state index contributed by atoms with van der Waals surface area (Å²) < 4.78 is 0. The van der Waals surface area contributed by atoms with Gasteiger partial charge < -0.3 is 10.4 Å². The molecule has 82 valence electrons. The van der Waals surface area contributed by atoms with Crippen LogP contribution in [0, 0.1) is 0 Å². The van der Waals surface area contributed by atoms with Crippen LogP contribution in [0.15, 0.2) is 24.3 Å². The highest BCUT2D eigenvalue weighted by molar-refractivity contribution is 6.30. The standard InChI is InChI=1S/C12H16ClNO/c13-11-3-1-2-10(8-11)4-5-12(15)6-7-14-9-12/h1-3,8,14-15H,4-7,9H2. The fourth-order valence-electron chi connectivity index (χ4n) is 2.01. The Morgan fingerprint density at radius 2 is 2.33 bits per heavy atom. The Kier molecular flexibility index (Phi) is 3.29. The molecule has 3 heteroatoms. The summed E-state index contributed by atoms with van der Waals surface area (Å²) in [6, 6.07) is 7.84. The van der Waals surface area contributed by atoms with E-state index in [9.17, 15) is 5.11 Å². The molecule has 0 aliphatic carbocycles. The molecule has 1 fully saturated rings. The first-order chi connectivity index (χ1) is 7.18. The summed E-state index contributed by atoms with van der Waals surface area (Å²) >= 11 is 5.90. The largest absolute Gasteiger partial charge is 0.389 e. The van der Waals surface area contributed by atoms with Crippen molar-refractivity contribution >= 4 is 11.6 Å². The monoisotopic (exact) mass is 225 g/mol. The van der Waals surface area contributed by atoms with Gasteiger partial charge in [0.05, 0.1) is 5.60 Å². The summed E-state index contributed by atoms with van der Waals surface area (Å²) in [4.78, 5) is 0. The molecule has 2 rings (SSSR count). The van der Waals surface area contributed by atoms with E-state index in [1.54, 1.807) is 0 Å². The third-order valence-electron chi connectivity index (χ3n) is 2.99. The number of benzene rings is 1. The molecular weight excluding hydrogens is 210 g/mol. The highest BCUT2D eigenvalue weighted by Gasteiger charge is 2.30. The van der Waals surface area contributed by atoms with E-state index in [2.05, 4.69) is 11.4 Å². The molecular formula is C12H16ClNO. The van der Waals surface area contributed by atoms with Gasteiger partial charge in [-0.25, -0.2) is 0 Å². The topological polar surface area (TPSA) is 32.3 Å². The van der Waals surface area contributed by atoms with Crippen molar-refractivity contribution in [1.82, 2.24) is 5.32 Å². The van der Waals surface area contributed by atoms with Gasteiger partial charge in [0, 0.05) is 11.6 Å². The first kappa shape index (κ1) is 10.9. The van der Waals surface area contributed by atoms with Gasteiger partial charge in [0.1, 0.15) is 0 Å². The van der Waals surface area contributed by atoms with Crippen LogP contribution < -0.4 is 5.32 Å². The fraction of sp³-hybridized carbons (Fsp3) is 0.500. The molecule has 0 aromatic heterocycles. The zero-order chi connectivity index (χ0) is 10.7. The number of rotatable bonds is 3. The zero-order valence-corrected chi connectivity index (χ0v) is 9.43. The van der Waals surface area contributed by atoms with Gasteiger partial charge in [0.25, 0.3) is 0 Å². The van der Waals surface area contributed by atoms with Crippen molar-refractivity contribution in [3.63, 3.8) is 0 Å². The van der Waals surface area contributed by atoms with Crippen LogP contribution in [0.1, 0.15) is 18.4 Å². The number of aliphatic hydroxyl groups is 1. The first-order valence-corrected chi connectivity index (χ1v) is 5.73. The summed E-state index contributed by atoms with van der Waals surface area (Å²) in [5.74, 6) is 0. The van der Waals surface area contributed by atoms with Crippen molar-refractivity contribution in [1.29, 1.82) is 0 Å². The average Bonchev–Trinajstić information content (AvgIpc) is 2.63. The van der Waals surface area contributed by atoms with Gasteiger partial charge in [0.2, 0.25) is 0 Å².